The Morgan fingerprint density at radius 2 is 1.77 bits per heavy atom. The van der Waals surface area contributed by atoms with E-state index in [-0.39, 0.29) is 5.75 Å². The van der Waals surface area contributed by atoms with Gasteiger partial charge in [-0.05, 0) is 48.7 Å². The third kappa shape index (κ3) is 5.38. The van der Waals surface area contributed by atoms with Crippen LogP contribution in [0.4, 0.5) is 0 Å². The van der Waals surface area contributed by atoms with Gasteiger partial charge >= 0.3 is 0 Å². The lowest BCUT2D eigenvalue weighted by atomic mass is 9.95. The van der Waals surface area contributed by atoms with E-state index in [2.05, 4.69) is 26.6 Å². The van der Waals surface area contributed by atoms with Crippen molar-refractivity contribution in [2.45, 2.75) is 33.2 Å². The lowest BCUT2D eigenvalue weighted by Gasteiger charge is -2.19. The second-order valence-electron chi connectivity index (χ2n) is 7.05. The molecule has 0 bridgehead atoms. The van der Waals surface area contributed by atoms with Gasteiger partial charge in [-0.15, -0.1) is 0 Å². The number of ether oxygens (including phenoxy) is 2. The van der Waals surface area contributed by atoms with Crippen molar-refractivity contribution in [2.75, 3.05) is 13.2 Å². The predicted octanol–water partition coefficient (Wildman–Crippen LogP) is 4.13. The molecule has 0 spiro atoms. The molecule has 2 aromatic carbocycles. The zero-order valence-electron chi connectivity index (χ0n) is 17.5. The van der Waals surface area contributed by atoms with Crippen LogP contribution in [-0.2, 0) is 11.3 Å². The normalized spacial score (nSPS) is 14.2. The summed E-state index contributed by atoms with van der Waals surface area (Å²) in [5.41, 5.74) is 2.09. The standard InChI is InChI=1S/C23H25BrN2O5/c1-3-7-30-20-10-14(9-19(27)21(20)31-8-4-2)12-25-13-18-17-11-15(24)5-6-16(17)22(28)26-23(18)29/h5-6,9-11,13,25,27H,3-4,7-8,12H2,1-2H3,(H,26,28,29)/b18-13-. The fourth-order valence-electron chi connectivity index (χ4n) is 3.13. The Hall–Kier alpha value is -3.00. The first kappa shape index (κ1) is 22.7. The molecule has 0 saturated carbocycles. The van der Waals surface area contributed by atoms with Crippen molar-refractivity contribution in [2.24, 2.45) is 0 Å². The SMILES string of the molecule is CCCOc1cc(CN/C=C2\C(=O)NC(=O)c3ccc(Br)cc32)cc(O)c1OCCC. The quantitative estimate of drug-likeness (QED) is 0.362. The van der Waals surface area contributed by atoms with Crippen LogP contribution in [0.5, 0.6) is 17.2 Å². The van der Waals surface area contributed by atoms with Crippen molar-refractivity contribution in [3.05, 3.63) is 57.7 Å². The van der Waals surface area contributed by atoms with E-state index in [4.69, 9.17) is 9.47 Å². The van der Waals surface area contributed by atoms with Gasteiger partial charge in [-0.3, -0.25) is 14.9 Å². The molecule has 2 amide bonds. The number of rotatable bonds is 9. The molecule has 7 nitrogen and oxygen atoms in total. The van der Waals surface area contributed by atoms with Crippen molar-refractivity contribution >= 4 is 33.3 Å². The highest BCUT2D eigenvalue weighted by molar-refractivity contribution is 9.10. The highest BCUT2D eigenvalue weighted by Gasteiger charge is 2.27. The summed E-state index contributed by atoms with van der Waals surface area (Å²) in [4.78, 5) is 24.4. The van der Waals surface area contributed by atoms with Crippen molar-refractivity contribution in [3.63, 3.8) is 0 Å². The Labute approximate surface area is 189 Å². The molecule has 3 N–H and O–H groups in total. The smallest absolute Gasteiger partial charge is 0.260 e. The van der Waals surface area contributed by atoms with Gasteiger partial charge in [0.2, 0.25) is 5.75 Å². The molecule has 1 aliphatic heterocycles. The summed E-state index contributed by atoms with van der Waals surface area (Å²) in [6.07, 6.45) is 3.20. The molecule has 0 saturated heterocycles. The molecule has 1 aliphatic rings. The van der Waals surface area contributed by atoms with Crippen LogP contribution in [0.2, 0.25) is 0 Å². The van der Waals surface area contributed by atoms with Gasteiger partial charge in [-0.1, -0.05) is 29.8 Å². The largest absolute Gasteiger partial charge is 0.504 e. The molecular formula is C23H25BrN2O5. The second kappa shape index (κ2) is 10.3. The fraction of sp³-hybridized carbons (Fsp3) is 0.304. The maximum absolute atomic E-state index is 12.4. The summed E-state index contributed by atoms with van der Waals surface area (Å²) in [5.74, 6) is -0.0747. The van der Waals surface area contributed by atoms with E-state index in [1.807, 2.05) is 13.8 Å². The molecule has 0 fully saturated rings. The molecular weight excluding hydrogens is 464 g/mol. The molecule has 8 heteroatoms. The molecule has 1 heterocycles. The first-order chi connectivity index (χ1) is 14.9. The first-order valence-corrected chi connectivity index (χ1v) is 10.9. The number of fused-ring (bicyclic) bond motifs is 1. The summed E-state index contributed by atoms with van der Waals surface area (Å²) >= 11 is 3.38. The lowest BCUT2D eigenvalue weighted by Crippen LogP contribution is -2.37. The zero-order chi connectivity index (χ0) is 22.4. The minimum atomic E-state index is -0.471. The number of phenols is 1. The molecule has 3 rings (SSSR count). The topological polar surface area (TPSA) is 96.9 Å². The van der Waals surface area contributed by atoms with Crippen LogP contribution < -0.4 is 20.1 Å². The highest BCUT2D eigenvalue weighted by Crippen LogP contribution is 2.38. The second-order valence-corrected chi connectivity index (χ2v) is 7.97. The molecule has 0 aromatic heterocycles. The summed E-state index contributed by atoms with van der Waals surface area (Å²) in [5, 5.41) is 15.9. The lowest BCUT2D eigenvalue weighted by molar-refractivity contribution is -0.114. The molecule has 0 aliphatic carbocycles. The minimum Gasteiger partial charge on any atom is -0.504 e. The van der Waals surface area contributed by atoms with Crippen LogP contribution >= 0.6 is 15.9 Å². The number of aromatic hydroxyl groups is 1. The number of imide groups is 1. The maximum atomic E-state index is 12.4. The third-order valence-electron chi connectivity index (χ3n) is 4.55. The van der Waals surface area contributed by atoms with Gasteiger partial charge in [-0.25, -0.2) is 0 Å². The number of carbonyl (C=O) groups is 2. The number of hydrogen-bond donors (Lipinski definition) is 3. The Bertz CT molecular complexity index is 1020. The molecule has 31 heavy (non-hydrogen) atoms. The van der Waals surface area contributed by atoms with Gasteiger partial charge in [-0.2, -0.15) is 0 Å². The summed E-state index contributed by atoms with van der Waals surface area (Å²) in [6.45, 7) is 5.30. The van der Waals surface area contributed by atoms with Crippen LogP contribution in [0.3, 0.4) is 0 Å². The van der Waals surface area contributed by atoms with Crippen molar-refractivity contribution in [1.82, 2.24) is 10.6 Å². The zero-order valence-corrected chi connectivity index (χ0v) is 19.0. The summed E-state index contributed by atoms with van der Waals surface area (Å²) < 4.78 is 12.2. The van der Waals surface area contributed by atoms with Gasteiger partial charge in [0.15, 0.2) is 11.5 Å². The number of nitrogens with one attached hydrogen (secondary N) is 2. The Morgan fingerprint density at radius 1 is 1.03 bits per heavy atom. The van der Waals surface area contributed by atoms with Crippen molar-refractivity contribution in [3.8, 4) is 17.2 Å². The number of halogens is 1. The molecule has 164 valence electrons. The van der Waals surface area contributed by atoms with Gasteiger partial charge in [0, 0.05) is 28.3 Å². The fourth-order valence-corrected chi connectivity index (χ4v) is 3.49. The maximum Gasteiger partial charge on any atom is 0.260 e. The average molecular weight is 489 g/mol. The first-order valence-electron chi connectivity index (χ1n) is 10.1. The van der Waals surface area contributed by atoms with E-state index >= 15 is 0 Å². The van der Waals surface area contributed by atoms with Gasteiger partial charge in [0.05, 0.1) is 18.8 Å². The highest BCUT2D eigenvalue weighted by atomic mass is 79.9. The van der Waals surface area contributed by atoms with E-state index in [1.165, 1.54) is 0 Å². The molecule has 0 radical (unpaired) electrons. The van der Waals surface area contributed by atoms with Crippen LogP contribution in [0.1, 0.15) is 48.2 Å². The van der Waals surface area contributed by atoms with E-state index in [0.29, 0.717) is 48.0 Å². The van der Waals surface area contributed by atoms with Gasteiger partial charge in [0.1, 0.15) is 0 Å². The number of carbonyl (C=O) groups excluding carboxylic acids is 2. The Kier molecular flexibility index (Phi) is 7.57. The summed E-state index contributed by atoms with van der Waals surface area (Å²) in [7, 11) is 0. The van der Waals surface area contributed by atoms with Crippen LogP contribution in [-0.4, -0.2) is 30.1 Å². The van der Waals surface area contributed by atoms with Crippen LogP contribution in [0, 0.1) is 0 Å². The monoisotopic (exact) mass is 488 g/mol. The van der Waals surface area contributed by atoms with E-state index in [1.54, 1.807) is 36.5 Å². The predicted molar refractivity (Wildman–Crippen MR) is 121 cm³/mol. The van der Waals surface area contributed by atoms with E-state index < -0.39 is 11.8 Å². The van der Waals surface area contributed by atoms with E-state index in [0.717, 1.165) is 22.9 Å². The van der Waals surface area contributed by atoms with Crippen LogP contribution in [0.15, 0.2) is 41.0 Å². The van der Waals surface area contributed by atoms with E-state index in [9.17, 15) is 14.7 Å². The van der Waals surface area contributed by atoms with Crippen LogP contribution in [0.25, 0.3) is 5.57 Å². The molecule has 2 aromatic rings. The number of phenolic OH excluding ortho intramolecular Hbond substituents is 1. The molecule has 0 atom stereocenters. The Balaban J connectivity index is 1.82. The van der Waals surface area contributed by atoms with Crippen molar-refractivity contribution in [1.29, 1.82) is 0 Å². The minimum absolute atomic E-state index is 0.00166. The number of amides is 2. The van der Waals surface area contributed by atoms with Gasteiger partial charge < -0.3 is 19.9 Å². The Morgan fingerprint density at radius 3 is 2.52 bits per heavy atom. The summed E-state index contributed by atoms with van der Waals surface area (Å²) in [6, 6.07) is 8.56. The number of benzene rings is 2. The average Bonchev–Trinajstić information content (AvgIpc) is 2.73. The van der Waals surface area contributed by atoms with Gasteiger partial charge in [0.25, 0.3) is 11.8 Å². The third-order valence-corrected chi connectivity index (χ3v) is 5.04. The van der Waals surface area contributed by atoms with Crippen molar-refractivity contribution < 1.29 is 24.2 Å². The molecule has 0 unspecified atom stereocenters. The number of hydrogen-bond acceptors (Lipinski definition) is 6.